The molecule has 2 fully saturated rings. The standard InChI is InChI=1S/C18H36N2/c1-5-18(2,3)15-8-10-17(11-9-15)19-16-7-6-13-20(4)14-12-16/h15-17,19H,5-14H2,1-4H3. The number of nitrogens with one attached hydrogen (secondary N) is 1. The predicted octanol–water partition coefficient (Wildman–Crippen LogP) is 4.06. The molecule has 1 heterocycles. The van der Waals surface area contributed by atoms with Crippen molar-refractivity contribution in [3.63, 3.8) is 0 Å². The van der Waals surface area contributed by atoms with Gasteiger partial charge in [0.1, 0.15) is 0 Å². The summed E-state index contributed by atoms with van der Waals surface area (Å²) in [5.41, 5.74) is 0.552. The molecule has 118 valence electrons. The van der Waals surface area contributed by atoms with Gasteiger partial charge in [0.2, 0.25) is 0 Å². The van der Waals surface area contributed by atoms with Crippen LogP contribution >= 0.6 is 0 Å². The first-order valence-electron chi connectivity index (χ1n) is 8.96. The van der Waals surface area contributed by atoms with Crippen LogP contribution in [-0.2, 0) is 0 Å². The van der Waals surface area contributed by atoms with Crippen molar-refractivity contribution in [3.8, 4) is 0 Å². The Morgan fingerprint density at radius 1 is 0.950 bits per heavy atom. The summed E-state index contributed by atoms with van der Waals surface area (Å²) in [6, 6.07) is 1.58. The maximum Gasteiger partial charge on any atom is 0.00823 e. The van der Waals surface area contributed by atoms with Crippen LogP contribution in [0.5, 0.6) is 0 Å². The average molecular weight is 280 g/mol. The van der Waals surface area contributed by atoms with E-state index in [0.29, 0.717) is 5.41 Å². The van der Waals surface area contributed by atoms with Crippen LogP contribution in [0, 0.1) is 11.3 Å². The molecule has 1 aliphatic carbocycles. The van der Waals surface area contributed by atoms with Crippen molar-refractivity contribution in [2.24, 2.45) is 11.3 Å². The van der Waals surface area contributed by atoms with Crippen LogP contribution in [0.4, 0.5) is 0 Å². The van der Waals surface area contributed by atoms with Crippen LogP contribution in [0.1, 0.15) is 72.1 Å². The molecule has 0 bridgehead atoms. The van der Waals surface area contributed by atoms with Gasteiger partial charge in [0, 0.05) is 12.1 Å². The maximum atomic E-state index is 3.98. The Labute approximate surface area is 126 Å². The molecule has 1 saturated heterocycles. The van der Waals surface area contributed by atoms with Crippen molar-refractivity contribution in [3.05, 3.63) is 0 Å². The van der Waals surface area contributed by atoms with E-state index in [0.717, 1.165) is 18.0 Å². The van der Waals surface area contributed by atoms with Gasteiger partial charge in [-0.15, -0.1) is 0 Å². The molecule has 1 aliphatic heterocycles. The Morgan fingerprint density at radius 3 is 2.25 bits per heavy atom. The summed E-state index contributed by atoms with van der Waals surface area (Å²) in [6.07, 6.45) is 11.1. The van der Waals surface area contributed by atoms with Crippen LogP contribution in [0.2, 0.25) is 0 Å². The maximum absolute atomic E-state index is 3.98. The van der Waals surface area contributed by atoms with Gasteiger partial charge >= 0.3 is 0 Å². The van der Waals surface area contributed by atoms with Gasteiger partial charge in [-0.2, -0.15) is 0 Å². The lowest BCUT2D eigenvalue weighted by atomic mass is 9.69. The van der Waals surface area contributed by atoms with E-state index >= 15 is 0 Å². The van der Waals surface area contributed by atoms with E-state index in [-0.39, 0.29) is 0 Å². The Hall–Kier alpha value is -0.0800. The van der Waals surface area contributed by atoms with Gasteiger partial charge in [0.05, 0.1) is 0 Å². The molecule has 20 heavy (non-hydrogen) atoms. The first-order valence-corrected chi connectivity index (χ1v) is 8.96. The van der Waals surface area contributed by atoms with Crippen molar-refractivity contribution < 1.29 is 0 Å². The van der Waals surface area contributed by atoms with Crippen LogP contribution in [0.15, 0.2) is 0 Å². The molecular weight excluding hydrogens is 244 g/mol. The van der Waals surface area contributed by atoms with E-state index in [1.54, 1.807) is 0 Å². The van der Waals surface area contributed by atoms with E-state index in [1.807, 2.05) is 0 Å². The minimum Gasteiger partial charge on any atom is -0.311 e. The van der Waals surface area contributed by atoms with Crippen molar-refractivity contribution in [2.45, 2.75) is 84.2 Å². The molecule has 0 aromatic rings. The van der Waals surface area contributed by atoms with E-state index < -0.39 is 0 Å². The Kier molecular flexibility index (Phi) is 5.92. The monoisotopic (exact) mass is 280 g/mol. The summed E-state index contributed by atoms with van der Waals surface area (Å²) in [4.78, 5) is 2.49. The average Bonchev–Trinajstić information content (AvgIpc) is 2.64. The predicted molar refractivity (Wildman–Crippen MR) is 88.1 cm³/mol. The molecule has 1 atom stereocenters. The molecule has 1 N–H and O–H groups in total. The summed E-state index contributed by atoms with van der Waals surface area (Å²) in [5.74, 6) is 0.950. The highest BCUT2D eigenvalue weighted by molar-refractivity contribution is 4.87. The van der Waals surface area contributed by atoms with Gasteiger partial charge < -0.3 is 10.2 Å². The highest BCUT2D eigenvalue weighted by Crippen LogP contribution is 2.40. The first-order chi connectivity index (χ1) is 9.51. The van der Waals surface area contributed by atoms with Crippen molar-refractivity contribution in [2.75, 3.05) is 20.1 Å². The topological polar surface area (TPSA) is 15.3 Å². The lowest BCUT2D eigenvalue weighted by Gasteiger charge is -2.40. The fourth-order valence-electron chi connectivity index (χ4n) is 4.07. The minimum atomic E-state index is 0.552. The van der Waals surface area contributed by atoms with Gasteiger partial charge in [0.25, 0.3) is 0 Å². The fourth-order valence-corrected chi connectivity index (χ4v) is 4.07. The summed E-state index contributed by atoms with van der Waals surface area (Å²) in [7, 11) is 2.26. The van der Waals surface area contributed by atoms with Crippen LogP contribution in [-0.4, -0.2) is 37.1 Å². The lowest BCUT2D eigenvalue weighted by Crippen LogP contribution is -2.42. The number of likely N-dealkylation sites (tertiary alicyclic amines) is 1. The Balaban J connectivity index is 1.74. The number of rotatable bonds is 4. The second-order valence-electron chi connectivity index (χ2n) is 7.99. The third-order valence-corrected chi connectivity index (χ3v) is 6.17. The van der Waals surface area contributed by atoms with Gasteiger partial charge in [-0.1, -0.05) is 27.2 Å². The van der Waals surface area contributed by atoms with E-state index in [1.165, 1.54) is 64.5 Å². The number of nitrogens with zero attached hydrogens (tertiary/aromatic N) is 1. The molecule has 0 spiro atoms. The summed E-state index contributed by atoms with van der Waals surface area (Å²) < 4.78 is 0. The molecule has 0 amide bonds. The third kappa shape index (κ3) is 4.46. The summed E-state index contributed by atoms with van der Waals surface area (Å²) in [5, 5.41) is 3.98. The first kappa shape index (κ1) is 16.3. The summed E-state index contributed by atoms with van der Waals surface area (Å²) >= 11 is 0. The highest BCUT2D eigenvalue weighted by atomic mass is 15.1. The molecule has 1 saturated carbocycles. The summed E-state index contributed by atoms with van der Waals surface area (Å²) in [6.45, 7) is 9.84. The SMILES string of the molecule is CCC(C)(C)C1CCC(NC2CCCN(C)CC2)CC1. The van der Waals surface area contributed by atoms with Gasteiger partial charge in [-0.25, -0.2) is 0 Å². The number of hydrogen-bond acceptors (Lipinski definition) is 2. The molecule has 0 radical (unpaired) electrons. The largest absolute Gasteiger partial charge is 0.311 e. The van der Waals surface area contributed by atoms with Crippen molar-refractivity contribution >= 4 is 0 Å². The second-order valence-corrected chi connectivity index (χ2v) is 7.99. The van der Waals surface area contributed by atoms with Crippen molar-refractivity contribution in [1.82, 2.24) is 10.2 Å². The van der Waals surface area contributed by atoms with E-state index in [4.69, 9.17) is 0 Å². The second kappa shape index (κ2) is 7.26. The van der Waals surface area contributed by atoms with E-state index in [9.17, 15) is 0 Å². The van der Waals surface area contributed by atoms with Gasteiger partial charge in [0.15, 0.2) is 0 Å². The van der Waals surface area contributed by atoms with Crippen molar-refractivity contribution in [1.29, 1.82) is 0 Å². The zero-order valence-electron chi connectivity index (χ0n) is 14.3. The third-order valence-electron chi connectivity index (χ3n) is 6.17. The zero-order chi connectivity index (χ0) is 14.6. The molecule has 2 nitrogen and oxygen atoms in total. The smallest absolute Gasteiger partial charge is 0.00823 e. The molecular formula is C18H36N2. The Morgan fingerprint density at radius 2 is 1.60 bits per heavy atom. The van der Waals surface area contributed by atoms with Crippen LogP contribution in [0.3, 0.4) is 0 Å². The lowest BCUT2D eigenvalue weighted by molar-refractivity contribution is 0.133. The zero-order valence-corrected chi connectivity index (χ0v) is 14.3. The minimum absolute atomic E-state index is 0.552. The number of hydrogen-bond donors (Lipinski definition) is 1. The molecule has 2 rings (SSSR count). The molecule has 1 unspecified atom stereocenters. The highest BCUT2D eigenvalue weighted by Gasteiger charge is 2.32. The van der Waals surface area contributed by atoms with Gasteiger partial charge in [-0.05, 0) is 76.4 Å². The fraction of sp³-hybridized carbons (Fsp3) is 1.00. The Bertz CT molecular complexity index is 279. The normalized spacial score (nSPS) is 33.9. The quantitative estimate of drug-likeness (QED) is 0.835. The van der Waals surface area contributed by atoms with E-state index in [2.05, 4.69) is 38.0 Å². The molecule has 0 aromatic carbocycles. The molecule has 2 heteroatoms. The molecule has 2 aliphatic rings. The molecule has 0 aromatic heterocycles. The van der Waals surface area contributed by atoms with Crippen LogP contribution in [0.25, 0.3) is 0 Å². The van der Waals surface area contributed by atoms with Crippen LogP contribution < -0.4 is 5.32 Å². The van der Waals surface area contributed by atoms with Gasteiger partial charge in [-0.3, -0.25) is 0 Å².